The molecule has 0 aliphatic carbocycles. The highest BCUT2D eigenvalue weighted by molar-refractivity contribution is 5.69. The van der Waals surface area contributed by atoms with E-state index in [-0.39, 0.29) is 18.7 Å². The van der Waals surface area contributed by atoms with E-state index in [9.17, 15) is 9.59 Å². The van der Waals surface area contributed by atoms with Crippen molar-refractivity contribution in [2.75, 3.05) is 99.5 Å². The summed E-state index contributed by atoms with van der Waals surface area (Å²) in [5, 5.41) is 0. The molecule has 0 aliphatic heterocycles. The molecule has 0 radical (unpaired) electrons. The molecule has 47 heavy (non-hydrogen) atoms. The molecular weight excluding hydrogens is 606 g/mol. The first-order valence-corrected chi connectivity index (χ1v) is 18.3. The predicted octanol–water partition coefficient (Wildman–Crippen LogP) is 6.98. The van der Waals surface area contributed by atoms with Crippen molar-refractivity contribution in [3.8, 4) is 0 Å². The van der Waals surface area contributed by atoms with Crippen LogP contribution in [0.3, 0.4) is 0 Å². The van der Waals surface area contributed by atoms with Crippen LogP contribution in [-0.4, -0.2) is 122 Å². The molecule has 0 atom stereocenters. The van der Waals surface area contributed by atoms with Gasteiger partial charge >= 0.3 is 12.1 Å². The van der Waals surface area contributed by atoms with E-state index in [2.05, 4.69) is 6.92 Å². The van der Waals surface area contributed by atoms with Crippen molar-refractivity contribution >= 4 is 12.1 Å². The van der Waals surface area contributed by atoms with Crippen LogP contribution in [0.4, 0.5) is 4.79 Å². The molecule has 0 spiro atoms. The molecule has 0 aromatic rings. The minimum Gasteiger partial charge on any atom is -0.463 e. The Morgan fingerprint density at radius 2 is 0.830 bits per heavy atom. The molecule has 280 valence electrons. The van der Waals surface area contributed by atoms with Gasteiger partial charge in [0.2, 0.25) is 0 Å². The Kier molecular flexibility index (Phi) is 33.3. The number of rotatable bonds is 35. The van der Waals surface area contributed by atoms with Gasteiger partial charge in [-0.05, 0) is 27.2 Å². The normalized spacial score (nSPS) is 11.6. The third-order valence-electron chi connectivity index (χ3n) is 7.11. The Balaban J connectivity index is 3.23. The molecule has 0 N–H and O–H groups in total. The van der Waals surface area contributed by atoms with E-state index >= 15 is 0 Å². The van der Waals surface area contributed by atoms with Crippen molar-refractivity contribution in [3.63, 3.8) is 0 Å². The molecule has 0 saturated carbocycles. The molecule has 0 rings (SSSR count). The number of hydrogen-bond donors (Lipinski definition) is 0. The standard InChI is InChI=1S/C36H71NO10/c1-6-7-8-9-10-11-12-13-14-15-16-17-18-19-34(38)46-33-32-45-31-30-44-29-28-43-27-26-42-25-24-41-23-22-40-21-20-37(5)35(39)47-36(2,3)4/h6-33H2,1-5H3. The number of esters is 1. The highest BCUT2D eigenvalue weighted by Crippen LogP contribution is 2.13. The topological polar surface area (TPSA) is 111 Å². The lowest BCUT2D eigenvalue weighted by atomic mass is 10.0. The van der Waals surface area contributed by atoms with Gasteiger partial charge in [0, 0.05) is 20.0 Å². The minimum atomic E-state index is -0.509. The second-order valence-electron chi connectivity index (χ2n) is 12.8. The van der Waals surface area contributed by atoms with Crippen LogP contribution in [0, 0.1) is 0 Å². The summed E-state index contributed by atoms with van der Waals surface area (Å²) in [6, 6.07) is 0. The molecule has 0 heterocycles. The quantitative estimate of drug-likeness (QED) is 0.0515. The Labute approximate surface area is 287 Å². The molecule has 0 unspecified atom stereocenters. The van der Waals surface area contributed by atoms with Crippen molar-refractivity contribution in [3.05, 3.63) is 0 Å². The van der Waals surface area contributed by atoms with E-state index in [1.165, 1.54) is 75.5 Å². The summed E-state index contributed by atoms with van der Waals surface area (Å²) in [5.74, 6) is -0.134. The Bertz CT molecular complexity index is 689. The average molecular weight is 678 g/mol. The molecule has 0 aromatic heterocycles. The summed E-state index contributed by atoms with van der Waals surface area (Å²) in [7, 11) is 1.68. The van der Waals surface area contributed by atoms with Gasteiger partial charge in [-0.3, -0.25) is 4.79 Å². The van der Waals surface area contributed by atoms with Gasteiger partial charge in [-0.2, -0.15) is 0 Å². The fourth-order valence-electron chi connectivity index (χ4n) is 4.41. The maximum atomic E-state index is 11.9. The molecule has 11 nitrogen and oxygen atoms in total. The first-order valence-electron chi connectivity index (χ1n) is 18.3. The fraction of sp³-hybridized carbons (Fsp3) is 0.944. The first-order chi connectivity index (χ1) is 22.8. The SMILES string of the molecule is CCCCCCCCCCCCCCCC(=O)OCCOCCOCCOCCOCCOCCOCCN(C)C(=O)OC(C)(C)C. The summed E-state index contributed by atoms with van der Waals surface area (Å²) in [5.41, 5.74) is -0.509. The van der Waals surface area contributed by atoms with Crippen LogP contribution >= 0.6 is 0 Å². The van der Waals surface area contributed by atoms with Crippen LogP contribution in [0.15, 0.2) is 0 Å². The molecule has 0 bridgehead atoms. The second-order valence-corrected chi connectivity index (χ2v) is 12.8. The summed E-state index contributed by atoms with van der Waals surface area (Å²) in [6.45, 7) is 14.0. The van der Waals surface area contributed by atoms with E-state index in [1.807, 2.05) is 20.8 Å². The maximum Gasteiger partial charge on any atom is 0.410 e. The fourth-order valence-corrected chi connectivity index (χ4v) is 4.41. The maximum absolute atomic E-state index is 11.9. The monoisotopic (exact) mass is 678 g/mol. The zero-order valence-corrected chi connectivity index (χ0v) is 30.8. The van der Waals surface area contributed by atoms with E-state index in [0.29, 0.717) is 92.2 Å². The number of carbonyl (C=O) groups is 2. The van der Waals surface area contributed by atoms with Gasteiger partial charge in [-0.15, -0.1) is 0 Å². The number of likely N-dealkylation sites (N-methyl/N-ethyl adjacent to an activating group) is 1. The van der Waals surface area contributed by atoms with Crippen molar-refractivity contribution in [1.82, 2.24) is 4.90 Å². The van der Waals surface area contributed by atoms with E-state index in [0.717, 1.165) is 12.8 Å². The van der Waals surface area contributed by atoms with Crippen molar-refractivity contribution in [2.45, 2.75) is 123 Å². The number of ether oxygens (including phenoxy) is 8. The lowest BCUT2D eigenvalue weighted by molar-refractivity contribution is -0.145. The van der Waals surface area contributed by atoms with Crippen LogP contribution < -0.4 is 0 Å². The summed E-state index contributed by atoms with van der Waals surface area (Å²) >= 11 is 0. The zero-order valence-electron chi connectivity index (χ0n) is 30.8. The van der Waals surface area contributed by atoms with Gasteiger partial charge in [0.05, 0.1) is 79.3 Å². The lowest BCUT2D eigenvalue weighted by Crippen LogP contribution is -2.36. The Morgan fingerprint density at radius 3 is 1.21 bits per heavy atom. The predicted molar refractivity (Wildman–Crippen MR) is 185 cm³/mol. The summed E-state index contributed by atoms with van der Waals surface area (Å²) in [6.07, 6.45) is 16.9. The van der Waals surface area contributed by atoms with Gasteiger partial charge in [-0.25, -0.2) is 4.79 Å². The van der Waals surface area contributed by atoms with Crippen LogP contribution in [0.25, 0.3) is 0 Å². The summed E-state index contributed by atoms with van der Waals surface area (Å²) < 4.78 is 43.4. The van der Waals surface area contributed by atoms with Crippen molar-refractivity contribution < 1.29 is 47.5 Å². The van der Waals surface area contributed by atoms with Gasteiger partial charge in [0.15, 0.2) is 0 Å². The highest BCUT2D eigenvalue weighted by atomic mass is 16.6. The minimum absolute atomic E-state index is 0.134. The van der Waals surface area contributed by atoms with Gasteiger partial charge < -0.3 is 42.8 Å². The zero-order chi connectivity index (χ0) is 34.7. The molecule has 0 aliphatic rings. The van der Waals surface area contributed by atoms with Gasteiger partial charge in [-0.1, -0.05) is 84.0 Å². The average Bonchev–Trinajstić information content (AvgIpc) is 3.03. The van der Waals surface area contributed by atoms with E-state index < -0.39 is 5.60 Å². The number of unbranched alkanes of at least 4 members (excludes halogenated alkanes) is 12. The molecule has 11 heteroatoms. The molecule has 0 aromatic carbocycles. The number of carbonyl (C=O) groups excluding carboxylic acids is 2. The Hall–Kier alpha value is -1.50. The smallest absolute Gasteiger partial charge is 0.410 e. The molecule has 0 saturated heterocycles. The van der Waals surface area contributed by atoms with E-state index in [1.54, 1.807) is 7.05 Å². The highest BCUT2D eigenvalue weighted by Gasteiger charge is 2.19. The largest absolute Gasteiger partial charge is 0.463 e. The Morgan fingerprint density at radius 1 is 0.489 bits per heavy atom. The third-order valence-corrected chi connectivity index (χ3v) is 7.11. The number of nitrogens with zero attached hydrogens (tertiary/aromatic N) is 1. The third kappa shape index (κ3) is 37.2. The lowest BCUT2D eigenvalue weighted by Gasteiger charge is -2.24. The molecule has 1 amide bonds. The van der Waals surface area contributed by atoms with Gasteiger partial charge in [0.1, 0.15) is 12.2 Å². The number of amides is 1. The van der Waals surface area contributed by atoms with Crippen LogP contribution in [-0.2, 0) is 42.7 Å². The number of hydrogen-bond acceptors (Lipinski definition) is 10. The van der Waals surface area contributed by atoms with E-state index in [4.69, 9.17) is 37.9 Å². The molecule has 0 fully saturated rings. The summed E-state index contributed by atoms with van der Waals surface area (Å²) in [4.78, 5) is 25.2. The molecular formula is C36H71NO10. The van der Waals surface area contributed by atoms with Crippen molar-refractivity contribution in [1.29, 1.82) is 0 Å². The van der Waals surface area contributed by atoms with Gasteiger partial charge in [0.25, 0.3) is 0 Å². The van der Waals surface area contributed by atoms with Crippen LogP contribution in [0.1, 0.15) is 118 Å². The van der Waals surface area contributed by atoms with Crippen LogP contribution in [0.2, 0.25) is 0 Å². The first kappa shape index (κ1) is 45.5. The van der Waals surface area contributed by atoms with Crippen molar-refractivity contribution in [2.24, 2.45) is 0 Å². The van der Waals surface area contributed by atoms with Crippen LogP contribution in [0.5, 0.6) is 0 Å². The second kappa shape index (κ2) is 34.4.